The van der Waals surface area contributed by atoms with Crippen molar-refractivity contribution < 1.29 is 9.53 Å². The van der Waals surface area contributed by atoms with Crippen molar-refractivity contribution >= 4 is 5.97 Å². The minimum Gasteiger partial charge on any atom is -0.462 e. The summed E-state index contributed by atoms with van der Waals surface area (Å²) in [6.07, 6.45) is 45.3. The Morgan fingerprint density at radius 3 is 1.45 bits per heavy atom. The van der Waals surface area contributed by atoms with Crippen LogP contribution in [0.2, 0.25) is 0 Å². The molecule has 0 aromatic heterocycles. The second-order valence-corrected chi connectivity index (χ2v) is 13.5. The minimum atomic E-state index is 0.0446. The number of ether oxygens (including phenoxy) is 1. The van der Waals surface area contributed by atoms with Crippen molar-refractivity contribution in [2.75, 3.05) is 19.6 Å². The number of likely N-dealkylation sites (tertiary alicyclic amines) is 1. The van der Waals surface area contributed by atoms with Gasteiger partial charge >= 0.3 is 5.97 Å². The van der Waals surface area contributed by atoms with Crippen molar-refractivity contribution in [3.63, 3.8) is 0 Å². The van der Waals surface area contributed by atoms with E-state index in [2.05, 4.69) is 62.1 Å². The average Bonchev–Trinajstić information content (AvgIpc) is 3.55. The fourth-order valence-electron chi connectivity index (χ4n) is 6.42. The van der Waals surface area contributed by atoms with Gasteiger partial charge in [0, 0.05) is 6.42 Å². The molecule has 1 aliphatic rings. The van der Waals surface area contributed by atoms with Gasteiger partial charge in [-0.2, -0.15) is 0 Å². The third kappa shape index (κ3) is 24.9. The van der Waals surface area contributed by atoms with Crippen LogP contribution in [0.25, 0.3) is 0 Å². The minimum absolute atomic E-state index is 0.0446. The van der Waals surface area contributed by atoms with Gasteiger partial charge < -0.3 is 9.64 Å². The van der Waals surface area contributed by atoms with E-state index in [9.17, 15) is 4.79 Å². The molecule has 0 saturated carbocycles. The molecule has 1 saturated heterocycles. The molecule has 0 N–H and O–H groups in total. The highest BCUT2D eigenvalue weighted by molar-refractivity contribution is 5.69. The van der Waals surface area contributed by atoms with Crippen molar-refractivity contribution in [2.45, 2.75) is 194 Å². The number of allylic oxidation sites excluding steroid dienone is 6. The molecular formula is C41H75NO2. The van der Waals surface area contributed by atoms with E-state index in [0.29, 0.717) is 12.3 Å². The van der Waals surface area contributed by atoms with Gasteiger partial charge in [0.25, 0.3) is 0 Å². The quantitative estimate of drug-likeness (QED) is 0.0442. The highest BCUT2D eigenvalue weighted by Crippen LogP contribution is 2.27. The Kier molecular flexibility index (Phi) is 29.2. The van der Waals surface area contributed by atoms with E-state index in [1.54, 1.807) is 0 Å². The van der Waals surface area contributed by atoms with Gasteiger partial charge in [-0.15, -0.1) is 0 Å². The van der Waals surface area contributed by atoms with Gasteiger partial charge in [-0.25, -0.2) is 0 Å². The summed E-state index contributed by atoms with van der Waals surface area (Å²) in [5.41, 5.74) is 0. The van der Waals surface area contributed by atoms with Crippen molar-refractivity contribution in [3.05, 3.63) is 36.5 Å². The van der Waals surface area contributed by atoms with Gasteiger partial charge in [0.1, 0.15) is 6.10 Å². The molecule has 3 nitrogen and oxygen atoms in total. The van der Waals surface area contributed by atoms with Gasteiger partial charge in [-0.05, 0) is 148 Å². The molecule has 1 atom stereocenters. The number of unbranched alkanes of at least 4 members (excludes halogenated alkanes) is 13. The molecule has 3 heteroatoms. The number of nitrogens with zero attached hydrogens (tertiary/aromatic N) is 1. The van der Waals surface area contributed by atoms with Crippen LogP contribution in [0.5, 0.6) is 0 Å². The molecule has 1 rings (SSSR count). The Balaban J connectivity index is 2.70. The average molecular weight is 614 g/mol. The second-order valence-electron chi connectivity index (χ2n) is 13.5. The van der Waals surface area contributed by atoms with Gasteiger partial charge in [0.15, 0.2) is 0 Å². The zero-order chi connectivity index (χ0) is 31.8. The lowest BCUT2D eigenvalue weighted by atomic mass is 9.87. The molecule has 44 heavy (non-hydrogen) atoms. The SMILES string of the molecule is CCCCC/C=C\CCCC(CCC/C=C\CCCCC)C(CCC/C=C\CCCCC)OC(=O)CCCCN1CCCC1. The third-order valence-electron chi connectivity index (χ3n) is 9.29. The summed E-state index contributed by atoms with van der Waals surface area (Å²) in [5.74, 6) is 0.516. The van der Waals surface area contributed by atoms with Crippen LogP contribution in [0.4, 0.5) is 0 Å². The van der Waals surface area contributed by atoms with E-state index < -0.39 is 0 Å². The van der Waals surface area contributed by atoms with Crippen LogP contribution in [0, 0.1) is 5.92 Å². The first kappa shape index (κ1) is 40.7. The van der Waals surface area contributed by atoms with Crippen LogP contribution in [0.3, 0.4) is 0 Å². The van der Waals surface area contributed by atoms with Crippen molar-refractivity contribution in [2.24, 2.45) is 5.92 Å². The Bertz CT molecular complexity index is 679. The highest BCUT2D eigenvalue weighted by atomic mass is 16.5. The number of esters is 1. The Morgan fingerprint density at radius 1 is 0.568 bits per heavy atom. The summed E-state index contributed by atoms with van der Waals surface area (Å²) < 4.78 is 6.38. The molecule has 0 amide bonds. The predicted molar refractivity (Wildman–Crippen MR) is 194 cm³/mol. The maximum absolute atomic E-state index is 13.1. The van der Waals surface area contributed by atoms with E-state index in [4.69, 9.17) is 4.74 Å². The zero-order valence-corrected chi connectivity index (χ0v) is 29.9. The molecule has 1 fully saturated rings. The van der Waals surface area contributed by atoms with Gasteiger partial charge in [0.05, 0.1) is 0 Å². The molecule has 0 bridgehead atoms. The largest absolute Gasteiger partial charge is 0.462 e. The van der Waals surface area contributed by atoms with Crippen molar-refractivity contribution in [1.82, 2.24) is 4.90 Å². The molecular weight excluding hydrogens is 538 g/mol. The van der Waals surface area contributed by atoms with E-state index in [-0.39, 0.29) is 12.1 Å². The van der Waals surface area contributed by atoms with Gasteiger partial charge in [0.2, 0.25) is 0 Å². The van der Waals surface area contributed by atoms with E-state index in [0.717, 1.165) is 51.5 Å². The zero-order valence-electron chi connectivity index (χ0n) is 29.9. The third-order valence-corrected chi connectivity index (χ3v) is 9.29. The summed E-state index contributed by atoms with van der Waals surface area (Å²) in [4.78, 5) is 15.7. The lowest BCUT2D eigenvalue weighted by Gasteiger charge is -2.27. The fraction of sp³-hybridized carbons (Fsp3) is 0.829. The Labute approximate surface area is 275 Å². The second kappa shape index (κ2) is 31.6. The molecule has 1 unspecified atom stereocenters. The van der Waals surface area contributed by atoms with Crippen molar-refractivity contribution in [3.8, 4) is 0 Å². The first-order valence-electron chi connectivity index (χ1n) is 19.6. The highest BCUT2D eigenvalue weighted by Gasteiger charge is 2.24. The lowest BCUT2D eigenvalue weighted by molar-refractivity contribution is -0.153. The van der Waals surface area contributed by atoms with Crippen LogP contribution in [0.15, 0.2) is 36.5 Å². The molecule has 1 heterocycles. The molecule has 0 aliphatic carbocycles. The van der Waals surface area contributed by atoms with Crippen molar-refractivity contribution in [1.29, 1.82) is 0 Å². The summed E-state index contributed by atoms with van der Waals surface area (Å²) in [6, 6.07) is 0. The van der Waals surface area contributed by atoms with Gasteiger partial charge in [-0.1, -0.05) is 95.8 Å². The summed E-state index contributed by atoms with van der Waals surface area (Å²) in [5, 5.41) is 0. The molecule has 256 valence electrons. The smallest absolute Gasteiger partial charge is 0.306 e. The van der Waals surface area contributed by atoms with Crippen LogP contribution >= 0.6 is 0 Å². The first-order valence-corrected chi connectivity index (χ1v) is 19.6. The van der Waals surface area contributed by atoms with E-state index in [1.807, 2.05) is 0 Å². The maximum Gasteiger partial charge on any atom is 0.306 e. The van der Waals surface area contributed by atoms with E-state index >= 15 is 0 Å². The lowest BCUT2D eigenvalue weighted by Crippen LogP contribution is -2.27. The van der Waals surface area contributed by atoms with Crippen LogP contribution < -0.4 is 0 Å². The van der Waals surface area contributed by atoms with Crippen LogP contribution in [0.1, 0.15) is 188 Å². The topological polar surface area (TPSA) is 29.5 Å². The number of carbonyl (C=O) groups excluding carboxylic acids is 1. The number of hydrogen-bond acceptors (Lipinski definition) is 3. The molecule has 0 aromatic rings. The number of rotatable bonds is 31. The number of hydrogen-bond donors (Lipinski definition) is 0. The van der Waals surface area contributed by atoms with Crippen LogP contribution in [-0.4, -0.2) is 36.6 Å². The predicted octanol–water partition coefficient (Wildman–Crippen LogP) is 12.7. The first-order chi connectivity index (χ1) is 21.7. The number of carbonyl (C=O) groups is 1. The monoisotopic (exact) mass is 614 g/mol. The Hall–Kier alpha value is -1.35. The normalized spacial score (nSPS) is 15.1. The standard InChI is InChI=1S/C41H75NO2/c1-4-7-10-13-16-19-22-25-32-39(33-26-23-20-17-14-11-8-5-2)40(34-27-24-21-18-15-12-9-6-3)44-41(43)35-28-29-36-42-37-30-31-38-42/h16-21,39-40H,4-15,22-38H2,1-3H3/b19-16-,20-17-,21-18-. The van der Waals surface area contributed by atoms with Gasteiger partial charge in [-0.3, -0.25) is 4.79 Å². The van der Waals surface area contributed by atoms with E-state index in [1.165, 1.54) is 129 Å². The summed E-state index contributed by atoms with van der Waals surface area (Å²) in [6.45, 7) is 10.4. The maximum atomic E-state index is 13.1. The Morgan fingerprint density at radius 2 is 1.00 bits per heavy atom. The fourth-order valence-corrected chi connectivity index (χ4v) is 6.42. The van der Waals surface area contributed by atoms with Crippen LogP contribution in [-0.2, 0) is 9.53 Å². The molecule has 0 aromatic carbocycles. The molecule has 1 aliphatic heterocycles. The molecule has 0 spiro atoms. The summed E-state index contributed by atoms with van der Waals surface area (Å²) >= 11 is 0. The molecule has 0 radical (unpaired) electrons. The summed E-state index contributed by atoms with van der Waals surface area (Å²) in [7, 11) is 0.